The minimum atomic E-state index is -0.0477. The van der Waals surface area contributed by atoms with Crippen LogP contribution in [0.1, 0.15) is 55.3 Å². The van der Waals surface area contributed by atoms with Gasteiger partial charge in [0.25, 0.3) is 5.91 Å². The van der Waals surface area contributed by atoms with Crippen LogP contribution in [0.15, 0.2) is 48.8 Å². The van der Waals surface area contributed by atoms with Crippen LogP contribution in [0.2, 0.25) is 0 Å². The summed E-state index contributed by atoms with van der Waals surface area (Å²) in [5.41, 5.74) is 0.677. The molecule has 32 heavy (non-hydrogen) atoms. The Bertz CT molecular complexity index is 868. The highest BCUT2D eigenvalue weighted by Crippen LogP contribution is 2.26. The molecule has 3 heterocycles. The lowest BCUT2D eigenvalue weighted by molar-refractivity contribution is -0.136. The first-order valence-corrected chi connectivity index (χ1v) is 11.9. The van der Waals surface area contributed by atoms with Gasteiger partial charge in [0.05, 0.1) is 0 Å². The second kappa shape index (κ2) is 11.1. The quantitative estimate of drug-likeness (QED) is 0.722. The van der Waals surface area contributed by atoms with Crippen molar-refractivity contribution in [2.45, 2.75) is 51.0 Å². The molecule has 0 unspecified atom stereocenters. The molecule has 0 spiro atoms. The topological polar surface area (TPSA) is 78.4 Å². The molecule has 2 aromatic rings. The number of carbonyl (C=O) groups is 2. The summed E-state index contributed by atoms with van der Waals surface area (Å²) in [5.74, 6) is 1.43. The molecule has 7 nitrogen and oxygen atoms in total. The summed E-state index contributed by atoms with van der Waals surface area (Å²) in [6.45, 7) is 3.23. The van der Waals surface area contributed by atoms with Crippen molar-refractivity contribution >= 4 is 17.8 Å². The van der Waals surface area contributed by atoms with Crippen molar-refractivity contribution in [2.75, 3.05) is 31.1 Å². The smallest absolute Gasteiger partial charge is 0.251 e. The van der Waals surface area contributed by atoms with E-state index in [1.807, 2.05) is 36.4 Å². The van der Waals surface area contributed by atoms with Crippen LogP contribution >= 0.6 is 0 Å². The summed E-state index contributed by atoms with van der Waals surface area (Å²) in [5, 5.41) is 3.01. The van der Waals surface area contributed by atoms with Crippen molar-refractivity contribution in [1.82, 2.24) is 20.2 Å². The largest absolute Gasteiger partial charge is 0.352 e. The Kier molecular flexibility index (Phi) is 7.69. The predicted octanol–water partition coefficient (Wildman–Crippen LogP) is 3.28. The van der Waals surface area contributed by atoms with Gasteiger partial charge in [0.2, 0.25) is 11.9 Å². The minimum absolute atomic E-state index is 0.0477. The molecule has 0 saturated carbocycles. The summed E-state index contributed by atoms with van der Waals surface area (Å²) in [6, 6.07) is 11.3. The Labute approximate surface area is 190 Å². The summed E-state index contributed by atoms with van der Waals surface area (Å²) in [4.78, 5) is 38.4. The maximum absolute atomic E-state index is 13.1. The van der Waals surface area contributed by atoms with E-state index in [9.17, 15) is 9.59 Å². The van der Waals surface area contributed by atoms with Crippen LogP contribution in [0, 0.1) is 5.92 Å². The van der Waals surface area contributed by atoms with Gasteiger partial charge in [-0.15, -0.1) is 0 Å². The fourth-order valence-electron chi connectivity index (χ4n) is 4.83. The number of nitrogens with one attached hydrogen (secondary N) is 1. The first-order chi connectivity index (χ1) is 15.7. The average Bonchev–Trinajstić information content (AvgIpc) is 2.86. The number of benzene rings is 1. The molecule has 7 heteroatoms. The molecule has 2 fully saturated rings. The van der Waals surface area contributed by atoms with Gasteiger partial charge in [-0.3, -0.25) is 9.59 Å². The Morgan fingerprint density at radius 3 is 2.44 bits per heavy atom. The van der Waals surface area contributed by atoms with Gasteiger partial charge in [0.1, 0.15) is 0 Å². The van der Waals surface area contributed by atoms with E-state index in [0.717, 1.165) is 64.1 Å². The number of hydrogen-bond donors (Lipinski definition) is 1. The number of amides is 2. The summed E-state index contributed by atoms with van der Waals surface area (Å²) in [6.07, 6.45) is 10.2. The van der Waals surface area contributed by atoms with Gasteiger partial charge in [-0.1, -0.05) is 18.2 Å². The normalized spacial score (nSPS) is 19.6. The van der Waals surface area contributed by atoms with E-state index in [-0.39, 0.29) is 17.9 Å². The third-order valence-corrected chi connectivity index (χ3v) is 6.66. The molecule has 1 atom stereocenters. The molecular weight excluding hydrogens is 402 g/mol. The van der Waals surface area contributed by atoms with Crippen molar-refractivity contribution in [3.8, 4) is 0 Å². The predicted molar refractivity (Wildman–Crippen MR) is 124 cm³/mol. The van der Waals surface area contributed by atoms with Gasteiger partial charge in [0, 0.05) is 56.6 Å². The lowest BCUT2D eigenvalue weighted by Gasteiger charge is -2.38. The van der Waals surface area contributed by atoms with Crippen molar-refractivity contribution in [1.29, 1.82) is 0 Å². The van der Waals surface area contributed by atoms with Crippen LogP contribution < -0.4 is 10.2 Å². The molecule has 0 bridgehead atoms. The first kappa shape index (κ1) is 22.2. The maximum Gasteiger partial charge on any atom is 0.251 e. The van der Waals surface area contributed by atoms with Crippen LogP contribution in [0.3, 0.4) is 0 Å². The molecule has 2 aliphatic rings. The molecule has 1 aromatic heterocycles. The summed E-state index contributed by atoms with van der Waals surface area (Å²) >= 11 is 0. The lowest BCUT2D eigenvalue weighted by Crippen LogP contribution is -2.46. The van der Waals surface area contributed by atoms with E-state index in [1.165, 1.54) is 0 Å². The van der Waals surface area contributed by atoms with Gasteiger partial charge in [-0.2, -0.15) is 0 Å². The van der Waals surface area contributed by atoms with Crippen molar-refractivity contribution < 1.29 is 9.59 Å². The molecule has 170 valence electrons. The molecule has 1 aromatic carbocycles. The summed E-state index contributed by atoms with van der Waals surface area (Å²) < 4.78 is 0. The van der Waals surface area contributed by atoms with Crippen LogP contribution in [0.25, 0.3) is 0 Å². The zero-order valence-corrected chi connectivity index (χ0v) is 18.7. The first-order valence-electron chi connectivity index (χ1n) is 11.9. The minimum Gasteiger partial charge on any atom is -0.352 e. The second-order valence-corrected chi connectivity index (χ2v) is 8.83. The molecule has 0 radical (unpaired) electrons. The number of rotatable bonds is 7. The van der Waals surface area contributed by atoms with E-state index >= 15 is 0 Å². The van der Waals surface area contributed by atoms with Crippen molar-refractivity contribution in [2.24, 2.45) is 5.92 Å². The zero-order chi connectivity index (χ0) is 22.2. The lowest BCUT2D eigenvalue weighted by atomic mass is 9.91. The molecule has 4 rings (SSSR count). The van der Waals surface area contributed by atoms with Crippen molar-refractivity contribution in [3.63, 3.8) is 0 Å². The Hall–Kier alpha value is -2.96. The van der Waals surface area contributed by atoms with Crippen LogP contribution in [-0.2, 0) is 4.79 Å². The number of nitrogens with zero attached hydrogens (tertiary/aromatic N) is 4. The Morgan fingerprint density at radius 1 is 0.938 bits per heavy atom. The van der Waals surface area contributed by atoms with Crippen LogP contribution in [0.4, 0.5) is 5.95 Å². The Balaban J connectivity index is 1.23. The van der Waals surface area contributed by atoms with Gasteiger partial charge >= 0.3 is 0 Å². The van der Waals surface area contributed by atoms with E-state index in [2.05, 4.69) is 25.1 Å². The zero-order valence-electron chi connectivity index (χ0n) is 18.7. The van der Waals surface area contributed by atoms with Gasteiger partial charge in [-0.25, -0.2) is 9.97 Å². The number of carbonyl (C=O) groups excluding carboxylic acids is 2. The third-order valence-electron chi connectivity index (χ3n) is 6.66. The van der Waals surface area contributed by atoms with Crippen LogP contribution in [-0.4, -0.2) is 58.9 Å². The van der Waals surface area contributed by atoms with E-state index in [4.69, 9.17) is 0 Å². The van der Waals surface area contributed by atoms with E-state index < -0.39 is 0 Å². The van der Waals surface area contributed by atoms with Crippen LogP contribution in [0.5, 0.6) is 0 Å². The fraction of sp³-hybridized carbons (Fsp3) is 0.520. The molecule has 0 aliphatic carbocycles. The summed E-state index contributed by atoms with van der Waals surface area (Å²) in [7, 11) is 0. The number of aromatic nitrogens is 2. The monoisotopic (exact) mass is 435 g/mol. The van der Waals surface area contributed by atoms with E-state index in [1.54, 1.807) is 12.4 Å². The SMILES string of the molecule is O=C(NCC[C@@H]1CCCCN1C(=O)CC1CCN(c2ncccn2)CC1)c1ccccc1. The third kappa shape index (κ3) is 5.84. The molecule has 2 aliphatic heterocycles. The highest BCUT2D eigenvalue weighted by molar-refractivity contribution is 5.94. The van der Waals surface area contributed by atoms with Gasteiger partial charge in [0.15, 0.2) is 0 Å². The number of anilines is 1. The standard InChI is InChI=1S/C25H33N5O2/c31-23(19-20-11-17-29(18-12-20)25-27-13-6-14-28-25)30-16-5-4-9-22(30)10-15-26-24(32)21-7-2-1-3-8-21/h1-3,6-8,13-14,20,22H,4-5,9-12,15-19H2,(H,26,32)/t22-/m0/s1. The Morgan fingerprint density at radius 2 is 1.69 bits per heavy atom. The van der Waals surface area contributed by atoms with Gasteiger partial charge < -0.3 is 15.1 Å². The average molecular weight is 436 g/mol. The molecule has 2 amide bonds. The number of likely N-dealkylation sites (tertiary alicyclic amines) is 1. The molecule has 1 N–H and O–H groups in total. The second-order valence-electron chi connectivity index (χ2n) is 8.83. The highest BCUT2D eigenvalue weighted by atomic mass is 16.2. The number of hydrogen-bond acceptors (Lipinski definition) is 5. The fourth-order valence-corrected chi connectivity index (χ4v) is 4.83. The molecular formula is C25H33N5O2. The van der Waals surface area contributed by atoms with Gasteiger partial charge in [-0.05, 0) is 62.6 Å². The molecule has 2 saturated heterocycles. The van der Waals surface area contributed by atoms with E-state index in [0.29, 0.717) is 24.4 Å². The van der Waals surface area contributed by atoms with Crippen molar-refractivity contribution in [3.05, 3.63) is 54.4 Å². The highest BCUT2D eigenvalue weighted by Gasteiger charge is 2.29. The maximum atomic E-state index is 13.1. The number of piperidine rings is 2.